The van der Waals surface area contributed by atoms with Crippen LogP contribution in [0.4, 0.5) is 11.4 Å². The van der Waals surface area contributed by atoms with E-state index in [9.17, 15) is 23.3 Å². The van der Waals surface area contributed by atoms with Gasteiger partial charge in [0.05, 0.1) is 9.82 Å². The van der Waals surface area contributed by atoms with E-state index < -0.39 is 26.4 Å². The van der Waals surface area contributed by atoms with Crippen LogP contribution < -0.4 is 10.6 Å². The largest absolute Gasteiger partial charge is 0.378 e. The van der Waals surface area contributed by atoms with Gasteiger partial charge in [-0.3, -0.25) is 14.9 Å². The standard InChI is InChI=1S/C16H16ClN3O5S/c17-12-5-7-13(8-6-12)26(24,25)11-16(21)19-10-9-18-14-3-1-2-4-15(14)20(22)23/h1-8,18H,9-11H2,(H,19,21). The highest BCUT2D eigenvalue weighted by Gasteiger charge is 2.19. The third kappa shape index (κ3) is 5.43. The lowest BCUT2D eigenvalue weighted by molar-refractivity contribution is -0.384. The maximum absolute atomic E-state index is 12.1. The summed E-state index contributed by atoms with van der Waals surface area (Å²) < 4.78 is 24.3. The number of hydrogen-bond acceptors (Lipinski definition) is 6. The quantitative estimate of drug-likeness (QED) is 0.400. The predicted molar refractivity (Wildman–Crippen MR) is 98.1 cm³/mol. The summed E-state index contributed by atoms with van der Waals surface area (Å²) in [4.78, 5) is 22.2. The number of benzene rings is 2. The number of nitrogens with zero attached hydrogens (tertiary/aromatic N) is 1. The molecule has 0 saturated carbocycles. The summed E-state index contributed by atoms with van der Waals surface area (Å²) in [5.74, 6) is -1.36. The smallest absolute Gasteiger partial charge is 0.292 e. The SMILES string of the molecule is O=C(CS(=O)(=O)c1ccc(Cl)cc1)NCCNc1ccccc1[N+](=O)[O-]. The van der Waals surface area contributed by atoms with Crippen molar-refractivity contribution in [1.82, 2.24) is 5.32 Å². The molecule has 2 N–H and O–H groups in total. The Kier molecular flexibility index (Phi) is 6.53. The highest BCUT2D eigenvalue weighted by Crippen LogP contribution is 2.22. The first kappa shape index (κ1) is 19.7. The molecule has 0 heterocycles. The maximum Gasteiger partial charge on any atom is 0.292 e. The minimum Gasteiger partial charge on any atom is -0.378 e. The molecule has 8 nitrogen and oxygen atoms in total. The number of anilines is 1. The number of nitro groups is 1. The van der Waals surface area contributed by atoms with Crippen LogP contribution in [0.5, 0.6) is 0 Å². The van der Waals surface area contributed by atoms with Gasteiger partial charge in [-0.05, 0) is 30.3 Å². The summed E-state index contributed by atoms with van der Waals surface area (Å²) in [6, 6.07) is 11.6. The third-order valence-electron chi connectivity index (χ3n) is 3.36. The predicted octanol–water partition coefficient (Wildman–Crippen LogP) is 2.25. The lowest BCUT2D eigenvalue weighted by Crippen LogP contribution is -2.33. The summed E-state index contributed by atoms with van der Waals surface area (Å²) in [6.45, 7) is 0.318. The number of amides is 1. The van der Waals surface area contributed by atoms with Crippen molar-refractivity contribution in [2.24, 2.45) is 0 Å². The van der Waals surface area contributed by atoms with Crippen LogP contribution >= 0.6 is 11.6 Å². The molecule has 2 rings (SSSR count). The summed E-state index contributed by atoms with van der Waals surface area (Å²) in [7, 11) is -3.76. The van der Waals surface area contributed by atoms with Crippen molar-refractivity contribution in [1.29, 1.82) is 0 Å². The van der Waals surface area contributed by atoms with Crippen LogP contribution in [0, 0.1) is 10.1 Å². The number of nitrogens with one attached hydrogen (secondary N) is 2. The molecule has 0 aliphatic rings. The molecule has 0 saturated heterocycles. The van der Waals surface area contributed by atoms with Crippen molar-refractivity contribution < 1.29 is 18.1 Å². The molecule has 0 spiro atoms. The van der Waals surface area contributed by atoms with Gasteiger partial charge in [0.25, 0.3) is 5.69 Å². The number of halogens is 1. The van der Waals surface area contributed by atoms with E-state index >= 15 is 0 Å². The average molecular weight is 398 g/mol. The van der Waals surface area contributed by atoms with E-state index in [0.717, 1.165) is 0 Å². The number of nitro benzene ring substituents is 1. The molecule has 2 aromatic carbocycles. The Morgan fingerprint density at radius 3 is 2.38 bits per heavy atom. The molecule has 0 unspecified atom stereocenters. The average Bonchev–Trinajstić information content (AvgIpc) is 2.59. The molecule has 0 bridgehead atoms. The summed E-state index contributed by atoms with van der Waals surface area (Å²) in [5, 5.41) is 16.6. The van der Waals surface area contributed by atoms with Gasteiger partial charge < -0.3 is 10.6 Å². The Morgan fingerprint density at radius 2 is 1.73 bits per heavy atom. The van der Waals surface area contributed by atoms with Gasteiger partial charge in [-0.25, -0.2) is 8.42 Å². The number of carbonyl (C=O) groups excluding carboxylic acids is 1. The lowest BCUT2D eigenvalue weighted by Gasteiger charge is -2.09. The molecule has 2 aromatic rings. The molecule has 0 aliphatic carbocycles. The van der Waals surface area contributed by atoms with Gasteiger partial charge in [-0.2, -0.15) is 0 Å². The van der Waals surface area contributed by atoms with Gasteiger partial charge in [0.15, 0.2) is 9.84 Å². The second-order valence-electron chi connectivity index (χ2n) is 5.26. The zero-order valence-corrected chi connectivity index (χ0v) is 15.1. The third-order valence-corrected chi connectivity index (χ3v) is 5.24. The highest BCUT2D eigenvalue weighted by atomic mass is 35.5. The molecular formula is C16H16ClN3O5S. The Labute approximate surface area is 155 Å². The van der Waals surface area contributed by atoms with Crippen molar-refractivity contribution in [3.8, 4) is 0 Å². The molecule has 0 radical (unpaired) electrons. The molecule has 138 valence electrons. The van der Waals surface area contributed by atoms with Crippen molar-refractivity contribution in [2.45, 2.75) is 4.90 Å². The molecule has 1 amide bonds. The van der Waals surface area contributed by atoms with Crippen LogP contribution in [0.1, 0.15) is 0 Å². The van der Waals surface area contributed by atoms with Gasteiger partial charge in [-0.15, -0.1) is 0 Å². The zero-order chi connectivity index (χ0) is 19.2. The summed E-state index contributed by atoms with van der Waals surface area (Å²) in [5.41, 5.74) is 0.240. The van der Waals surface area contributed by atoms with E-state index in [1.54, 1.807) is 18.2 Å². The van der Waals surface area contributed by atoms with E-state index in [-0.39, 0.29) is 23.7 Å². The van der Waals surface area contributed by atoms with Crippen molar-refractivity contribution >= 4 is 38.7 Å². The molecule has 0 aromatic heterocycles. The fraction of sp³-hybridized carbons (Fsp3) is 0.188. The first-order chi connectivity index (χ1) is 12.3. The zero-order valence-electron chi connectivity index (χ0n) is 13.5. The van der Waals surface area contributed by atoms with Gasteiger partial charge in [0, 0.05) is 24.2 Å². The number of hydrogen-bond donors (Lipinski definition) is 2. The fourth-order valence-corrected chi connectivity index (χ4v) is 3.42. The van der Waals surface area contributed by atoms with Gasteiger partial charge >= 0.3 is 0 Å². The monoisotopic (exact) mass is 397 g/mol. The van der Waals surface area contributed by atoms with Crippen LogP contribution in [0.25, 0.3) is 0 Å². The number of carbonyl (C=O) groups is 1. The molecular weight excluding hydrogens is 382 g/mol. The second kappa shape index (κ2) is 8.63. The van der Waals surface area contributed by atoms with Crippen LogP contribution in [0.3, 0.4) is 0 Å². The van der Waals surface area contributed by atoms with E-state index in [0.29, 0.717) is 10.7 Å². The van der Waals surface area contributed by atoms with Gasteiger partial charge in [-0.1, -0.05) is 23.7 Å². The molecule has 0 atom stereocenters. The Hall–Kier alpha value is -2.65. The van der Waals surface area contributed by atoms with E-state index in [1.807, 2.05) is 0 Å². The molecule has 10 heteroatoms. The van der Waals surface area contributed by atoms with Crippen LogP contribution in [0.2, 0.25) is 5.02 Å². The van der Waals surface area contributed by atoms with Crippen molar-refractivity contribution in [3.63, 3.8) is 0 Å². The Morgan fingerprint density at radius 1 is 1.08 bits per heavy atom. The second-order valence-corrected chi connectivity index (χ2v) is 7.69. The summed E-state index contributed by atoms with van der Waals surface area (Å²) >= 11 is 5.71. The van der Waals surface area contributed by atoms with E-state index in [1.165, 1.54) is 30.3 Å². The van der Waals surface area contributed by atoms with E-state index in [4.69, 9.17) is 11.6 Å². The molecule has 0 fully saturated rings. The highest BCUT2D eigenvalue weighted by molar-refractivity contribution is 7.92. The summed E-state index contributed by atoms with van der Waals surface area (Å²) in [6.07, 6.45) is 0. The van der Waals surface area contributed by atoms with Gasteiger partial charge in [0.2, 0.25) is 5.91 Å². The number of para-hydroxylation sites is 2. The molecule has 26 heavy (non-hydrogen) atoms. The Balaban J connectivity index is 1.84. The van der Waals surface area contributed by atoms with Crippen molar-refractivity contribution in [2.75, 3.05) is 24.2 Å². The normalized spacial score (nSPS) is 11.0. The minimum atomic E-state index is -3.76. The Bertz CT molecular complexity index is 900. The first-order valence-corrected chi connectivity index (χ1v) is 9.55. The van der Waals surface area contributed by atoms with Crippen LogP contribution in [-0.2, 0) is 14.6 Å². The molecule has 0 aliphatic heterocycles. The van der Waals surface area contributed by atoms with Crippen LogP contribution in [-0.4, -0.2) is 38.1 Å². The van der Waals surface area contributed by atoms with E-state index in [2.05, 4.69) is 10.6 Å². The van der Waals surface area contributed by atoms with Gasteiger partial charge in [0.1, 0.15) is 11.4 Å². The lowest BCUT2D eigenvalue weighted by atomic mass is 10.2. The minimum absolute atomic E-state index is 0.00934. The topological polar surface area (TPSA) is 118 Å². The van der Waals surface area contributed by atoms with Crippen LogP contribution in [0.15, 0.2) is 53.4 Å². The first-order valence-electron chi connectivity index (χ1n) is 7.52. The van der Waals surface area contributed by atoms with Crippen molar-refractivity contribution in [3.05, 3.63) is 63.7 Å². The number of sulfone groups is 1. The number of rotatable bonds is 8. The fourth-order valence-electron chi connectivity index (χ4n) is 2.13. The maximum atomic E-state index is 12.1.